The average molecular weight is 227 g/mol. The number of carbonyl (C=O) groups excluding carboxylic acids is 2. The monoisotopic (exact) mass is 227 g/mol. The van der Waals surface area contributed by atoms with E-state index < -0.39 is 0 Å². The van der Waals surface area contributed by atoms with Crippen molar-refractivity contribution in [2.45, 2.75) is 32.7 Å². The number of nitrogens with zero attached hydrogens (tertiary/aromatic N) is 2. The van der Waals surface area contributed by atoms with Gasteiger partial charge in [-0.1, -0.05) is 0 Å². The number of nitrogens with two attached hydrogens (primary N) is 1. The zero-order valence-corrected chi connectivity index (χ0v) is 10.1. The van der Waals surface area contributed by atoms with E-state index in [-0.39, 0.29) is 17.9 Å². The Morgan fingerprint density at radius 1 is 1.19 bits per heavy atom. The van der Waals surface area contributed by atoms with Gasteiger partial charge in [0.1, 0.15) is 0 Å². The van der Waals surface area contributed by atoms with E-state index in [9.17, 15) is 9.59 Å². The van der Waals surface area contributed by atoms with Crippen LogP contribution in [0.15, 0.2) is 0 Å². The molecule has 0 aromatic rings. The van der Waals surface area contributed by atoms with E-state index in [1.807, 2.05) is 11.8 Å². The lowest BCUT2D eigenvalue weighted by molar-refractivity contribution is -0.132. The van der Waals surface area contributed by atoms with Gasteiger partial charge in [-0.2, -0.15) is 0 Å². The lowest BCUT2D eigenvalue weighted by atomic mass is 10.2. The number of amides is 2. The fourth-order valence-electron chi connectivity index (χ4n) is 1.89. The van der Waals surface area contributed by atoms with E-state index in [4.69, 9.17) is 5.73 Å². The third kappa shape index (κ3) is 3.81. The van der Waals surface area contributed by atoms with Crippen molar-refractivity contribution >= 4 is 11.8 Å². The lowest BCUT2D eigenvalue weighted by Crippen LogP contribution is -2.38. The smallest absolute Gasteiger partial charge is 0.224 e. The third-order valence-corrected chi connectivity index (χ3v) is 2.79. The van der Waals surface area contributed by atoms with E-state index in [1.54, 1.807) is 11.8 Å². The molecule has 1 unspecified atom stereocenters. The Bertz CT molecular complexity index is 266. The molecule has 5 heteroatoms. The van der Waals surface area contributed by atoms with E-state index in [1.165, 1.54) is 0 Å². The van der Waals surface area contributed by atoms with Crippen LogP contribution in [0.3, 0.4) is 0 Å². The fraction of sp³-hybridized carbons (Fsp3) is 0.818. The molecule has 0 radical (unpaired) electrons. The van der Waals surface area contributed by atoms with Crippen molar-refractivity contribution in [3.8, 4) is 0 Å². The number of hydrogen-bond donors (Lipinski definition) is 1. The van der Waals surface area contributed by atoms with Crippen LogP contribution >= 0.6 is 0 Å². The highest BCUT2D eigenvalue weighted by atomic mass is 16.2. The molecule has 1 aliphatic rings. The van der Waals surface area contributed by atoms with Crippen LogP contribution in [-0.2, 0) is 9.59 Å². The molecule has 1 heterocycles. The van der Waals surface area contributed by atoms with Gasteiger partial charge in [-0.25, -0.2) is 0 Å². The molecule has 0 aliphatic carbocycles. The van der Waals surface area contributed by atoms with Crippen molar-refractivity contribution in [2.24, 2.45) is 5.73 Å². The summed E-state index contributed by atoms with van der Waals surface area (Å²) in [5.74, 6) is 0.182. The molecule has 5 nitrogen and oxygen atoms in total. The Kier molecular flexibility index (Phi) is 4.73. The van der Waals surface area contributed by atoms with Gasteiger partial charge >= 0.3 is 0 Å². The quantitative estimate of drug-likeness (QED) is 0.710. The van der Waals surface area contributed by atoms with Crippen LogP contribution in [0.25, 0.3) is 0 Å². The topological polar surface area (TPSA) is 66.6 Å². The second-order valence-electron chi connectivity index (χ2n) is 4.42. The molecular formula is C11H21N3O2. The largest absolute Gasteiger partial charge is 0.341 e. The summed E-state index contributed by atoms with van der Waals surface area (Å²) in [7, 11) is 0. The second-order valence-corrected chi connectivity index (χ2v) is 4.42. The van der Waals surface area contributed by atoms with E-state index >= 15 is 0 Å². The first-order valence-electron chi connectivity index (χ1n) is 5.79. The minimum absolute atomic E-state index is 0.0847. The molecule has 1 saturated heterocycles. The summed E-state index contributed by atoms with van der Waals surface area (Å²) < 4.78 is 0. The maximum absolute atomic E-state index is 11.8. The van der Waals surface area contributed by atoms with Crippen molar-refractivity contribution in [2.75, 3.05) is 26.2 Å². The molecule has 0 aromatic carbocycles. The summed E-state index contributed by atoms with van der Waals surface area (Å²) in [4.78, 5) is 26.6. The maximum Gasteiger partial charge on any atom is 0.224 e. The highest BCUT2D eigenvalue weighted by Crippen LogP contribution is 2.05. The highest BCUT2D eigenvalue weighted by Gasteiger charge is 2.20. The van der Waals surface area contributed by atoms with Crippen molar-refractivity contribution in [1.82, 2.24) is 9.80 Å². The predicted octanol–water partition coefficient (Wildman–Crippen LogP) is -0.195. The molecule has 0 spiro atoms. The van der Waals surface area contributed by atoms with Gasteiger partial charge in [0.05, 0.1) is 0 Å². The molecule has 0 aromatic heterocycles. The minimum Gasteiger partial charge on any atom is -0.341 e. The van der Waals surface area contributed by atoms with Crippen molar-refractivity contribution in [1.29, 1.82) is 0 Å². The zero-order valence-electron chi connectivity index (χ0n) is 10.1. The van der Waals surface area contributed by atoms with Gasteiger partial charge in [0.15, 0.2) is 0 Å². The van der Waals surface area contributed by atoms with Gasteiger partial charge in [-0.15, -0.1) is 0 Å². The van der Waals surface area contributed by atoms with Gasteiger partial charge < -0.3 is 15.5 Å². The Morgan fingerprint density at radius 2 is 1.75 bits per heavy atom. The highest BCUT2D eigenvalue weighted by molar-refractivity contribution is 5.77. The summed E-state index contributed by atoms with van der Waals surface area (Å²) >= 11 is 0. The van der Waals surface area contributed by atoms with Gasteiger partial charge in [0, 0.05) is 45.6 Å². The Morgan fingerprint density at radius 3 is 2.31 bits per heavy atom. The lowest BCUT2D eigenvalue weighted by Gasteiger charge is -2.22. The fourth-order valence-corrected chi connectivity index (χ4v) is 1.89. The van der Waals surface area contributed by atoms with Crippen LogP contribution in [0.1, 0.15) is 26.7 Å². The first-order valence-corrected chi connectivity index (χ1v) is 5.79. The van der Waals surface area contributed by atoms with Gasteiger partial charge in [0.25, 0.3) is 0 Å². The van der Waals surface area contributed by atoms with Crippen LogP contribution in [0.2, 0.25) is 0 Å². The first kappa shape index (κ1) is 13.0. The Hall–Kier alpha value is -1.10. The third-order valence-electron chi connectivity index (χ3n) is 2.79. The summed E-state index contributed by atoms with van der Waals surface area (Å²) in [6.45, 7) is 6.15. The van der Waals surface area contributed by atoms with Crippen LogP contribution in [0.5, 0.6) is 0 Å². The first-order chi connectivity index (χ1) is 7.50. The predicted molar refractivity (Wildman–Crippen MR) is 61.7 cm³/mol. The van der Waals surface area contributed by atoms with Crippen LogP contribution < -0.4 is 5.73 Å². The van der Waals surface area contributed by atoms with Gasteiger partial charge in [-0.05, 0) is 13.3 Å². The van der Waals surface area contributed by atoms with Crippen LogP contribution in [0.4, 0.5) is 0 Å². The molecule has 1 fully saturated rings. The van der Waals surface area contributed by atoms with Crippen LogP contribution in [-0.4, -0.2) is 53.8 Å². The molecule has 0 saturated carbocycles. The second kappa shape index (κ2) is 5.84. The molecular weight excluding hydrogens is 206 g/mol. The average Bonchev–Trinajstić information content (AvgIpc) is 2.41. The van der Waals surface area contributed by atoms with Crippen LogP contribution in [0, 0.1) is 0 Å². The van der Waals surface area contributed by atoms with Gasteiger partial charge in [-0.3, -0.25) is 9.59 Å². The molecule has 92 valence electrons. The standard InChI is InChI=1S/C11H21N3O2/c1-9(12)8-11(16)14-5-3-4-13(6-7-14)10(2)15/h9H,3-8,12H2,1-2H3. The van der Waals surface area contributed by atoms with Gasteiger partial charge in [0.2, 0.25) is 11.8 Å². The minimum atomic E-state index is -0.0975. The molecule has 0 bridgehead atoms. The zero-order chi connectivity index (χ0) is 12.1. The normalized spacial score (nSPS) is 19.2. The molecule has 16 heavy (non-hydrogen) atoms. The Labute approximate surface area is 96.6 Å². The number of hydrogen-bond acceptors (Lipinski definition) is 3. The van der Waals surface area contributed by atoms with E-state index in [2.05, 4.69) is 0 Å². The maximum atomic E-state index is 11.8. The summed E-state index contributed by atoms with van der Waals surface area (Å²) in [5, 5.41) is 0. The summed E-state index contributed by atoms with van der Waals surface area (Å²) in [5.41, 5.74) is 5.60. The number of rotatable bonds is 2. The molecule has 1 atom stereocenters. The molecule has 2 N–H and O–H groups in total. The Balaban J connectivity index is 2.46. The van der Waals surface area contributed by atoms with E-state index in [0.29, 0.717) is 19.5 Å². The molecule has 1 rings (SSSR count). The van der Waals surface area contributed by atoms with Crippen molar-refractivity contribution in [3.63, 3.8) is 0 Å². The summed E-state index contributed by atoms with van der Waals surface area (Å²) in [6.07, 6.45) is 1.24. The molecule has 1 aliphatic heterocycles. The summed E-state index contributed by atoms with van der Waals surface area (Å²) in [6, 6.07) is -0.0975. The SMILES string of the molecule is CC(=O)N1CCCN(C(=O)CC(C)N)CC1. The van der Waals surface area contributed by atoms with E-state index in [0.717, 1.165) is 19.5 Å². The van der Waals surface area contributed by atoms with Crippen molar-refractivity contribution < 1.29 is 9.59 Å². The molecule has 2 amide bonds. The number of carbonyl (C=O) groups is 2. The van der Waals surface area contributed by atoms with Crippen molar-refractivity contribution in [3.05, 3.63) is 0 Å².